The van der Waals surface area contributed by atoms with E-state index < -0.39 is 4.92 Å². The molecule has 1 aromatic heterocycles. The maximum absolute atomic E-state index is 10.7. The first-order chi connectivity index (χ1) is 11.1. The first kappa shape index (κ1) is 14.8. The molecule has 0 saturated carbocycles. The summed E-state index contributed by atoms with van der Waals surface area (Å²) in [7, 11) is 0. The van der Waals surface area contributed by atoms with Gasteiger partial charge in [0.25, 0.3) is 0 Å². The lowest BCUT2D eigenvalue weighted by atomic mass is 10.2. The van der Waals surface area contributed by atoms with Gasteiger partial charge in [0.05, 0.1) is 18.1 Å². The number of hydrogen-bond acceptors (Lipinski definition) is 8. The number of benzene rings is 1. The third kappa shape index (κ3) is 3.39. The van der Waals surface area contributed by atoms with Crippen molar-refractivity contribution in [1.82, 2.24) is 9.97 Å². The number of hydrogen-bond donors (Lipinski definition) is 2. The summed E-state index contributed by atoms with van der Waals surface area (Å²) >= 11 is 0. The summed E-state index contributed by atoms with van der Waals surface area (Å²) in [5, 5.41) is 13.6. The predicted molar refractivity (Wildman–Crippen MR) is 82.5 cm³/mol. The molecule has 1 aromatic carbocycles. The number of ether oxygens (including phenoxy) is 2. The Kier molecular flexibility index (Phi) is 4.09. The molecule has 0 fully saturated rings. The Morgan fingerprint density at radius 3 is 2.83 bits per heavy atom. The lowest BCUT2D eigenvalue weighted by Gasteiger charge is -2.10. The monoisotopic (exact) mass is 317 g/mol. The number of aromatic nitrogens is 2. The zero-order chi connectivity index (χ0) is 16.2. The molecule has 0 bridgehead atoms. The van der Waals surface area contributed by atoms with Gasteiger partial charge in [0.15, 0.2) is 11.5 Å². The minimum Gasteiger partial charge on any atom is -0.490 e. The highest BCUT2D eigenvalue weighted by atomic mass is 16.6. The molecule has 120 valence electrons. The fourth-order valence-corrected chi connectivity index (χ4v) is 2.11. The van der Waals surface area contributed by atoms with Gasteiger partial charge in [-0.25, -0.2) is 4.98 Å². The zero-order valence-corrected chi connectivity index (χ0v) is 12.2. The number of nitrogens with two attached hydrogens (primary N) is 1. The molecule has 2 aromatic rings. The van der Waals surface area contributed by atoms with Crippen molar-refractivity contribution in [3.05, 3.63) is 40.1 Å². The van der Waals surface area contributed by atoms with Crippen LogP contribution >= 0.6 is 0 Å². The van der Waals surface area contributed by atoms with Crippen LogP contribution in [-0.2, 0) is 6.54 Å². The molecule has 3 N–H and O–H groups in total. The van der Waals surface area contributed by atoms with Crippen LogP contribution in [0.4, 0.5) is 17.5 Å². The van der Waals surface area contributed by atoms with Gasteiger partial charge in [0.2, 0.25) is 11.8 Å². The zero-order valence-electron chi connectivity index (χ0n) is 12.2. The quantitative estimate of drug-likeness (QED) is 0.645. The Balaban J connectivity index is 1.70. The molecule has 0 spiro atoms. The largest absolute Gasteiger partial charge is 0.490 e. The minimum atomic E-state index is -0.622. The molecule has 0 unspecified atom stereocenters. The molecule has 0 atom stereocenters. The molecule has 0 saturated heterocycles. The van der Waals surface area contributed by atoms with Gasteiger partial charge in [0, 0.05) is 13.0 Å². The van der Waals surface area contributed by atoms with E-state index in [1.165, 1.54) is 0 Å². The molecular weight excluding hydrogens is 302 g/mol. The number of nitrogens with one attached hydrogen (secondary N) is 1. The van der Waals surface area contributed by atoms with Gasteiger partial charge < -0.3 is 20.5 Å². The van der Waals surface area contributed by atoms with E-state index in [1.807, 2.05) is 18.2 Å². The molecule has 0 amide bonds. The number of rotatable bonds is 4. The van der Waals surface area contributed by atoms with Crippen molar-refractivity contribution >= 4 is 17.5 Å². The normalized spacial score (nSPS) is 13.2. The highest BCUT2D eigenvalue weighted by molar-refractivity contribution is 5.53. The van der Waals surface area contributed by atoms with Crippen LogP contribution in [0, 0.1) is 10.1 Å². The average molecular weight is 317 g/mol. The summed E-state index contributed by atoms with van der Waals surface area (Å²) in [6, 6.07) is 5.63. The molecule has 1 aliphatic rings. The fourth-order valence-electron chi connectivity index (χ4n) is 2.11. The van der Waals surface area contributed by atoms with Crippen molar-refractivity contribution in [1.29, 1.82) is 0 Å². The highest BCUT2D eigenvalue weighted by Crippen LogP contribution is 2.30. The first-order valence-corrected chi connectivity index (χ1v) is 7.03. The number of fused-ring (bicyclic) bond motifs is 1. The van der Waals surface area contributed by atoms with Crippen molar-refractivity contribution < 1.29 is 14.4 Å². The van der Waals surface area contributed by atoms with Crippen LogP contribution in [0.1, 0.15) is 12.0 Å². The van der Waals surface area contributed by atoms with Crippen LogP contribution in [0.3, 0.4) is 0 Å². The van der Waals surface area contributed by atoms with E-state index in [-0.39, 0.29) is 17.5 Å². The smallest absolute Gasteiger partial charge is 0.329 e. The van der Waals surface area contributed by atoms with Crippen molar-refractivity contribution in [3.63, 3.8) is 0 Å². The van der Waals surface area contributed by atoms with E-state index in [9.17, 15) is 10.1 Å². The van der Waals surface area contributed by atoms with Crippen LogP contribution in [0.5, 0.6) is 11.5 Å². The molecule has 0 aliphatic carbocycles. The number of nitrogens with zero attached hydrogens (tertiary/aromatic N) is 3. The third-order valence-electron chi connectivity index (χ3n) is 3.26. The summed E-state index contributed by atoms with van der Waals surface area (Å²) < 4.78 is 11.2. The Bertz CT molecular complexity index is 737. The Hall–Kier alpha value is -3.10. The van der Waals surface area contributed by atoms with Crippen molar-refractivity contribution in [3.8, 4) is 11.5 Å². The summed E-state index contributed by atoms with van der Waals surface area (Å²) in [5.74, 6) is 1.47. The number of anilines is 2. The van der Waals surface area contributed by atoms with Gasteiger partial charge >= 0.3 is 5.69 Å². The molecule has 3 rings (SSSR count). The Labute approximate surface area is 131 Å². The van der Waals surface area contributed by atoms with E-state index in [0.29, 0.717) is 25.5 Å². The summed E-state index contributed by atoms with van der Waals surface area (Å²) in [5.41, 5.74) is 6.16. The average Bonchev–Trinajstić information content (AvgIpc) is 2.77. The van der Waals surface area contributed by atoms with E-state index in [0.717, 1.165) is 23.9 Å². The van der Waals surface area contributed by atoms with E-state index >= 15 is 0 Å². The fraction of sp³-hybridized carbons (Fsp3) is 0.286. The molecule has 1 aliphatic heterocycles. The summed E-state index contributed by atoms with van der Waals surface area (Å²) in [4.78, 5) is 17.8. The third-order valence-corrected chi connectivity index (χ3v) is 3.26. The van der Waals surface area contributed by atoms with Crippen LogP contribution in [0.25, 0.3) is 0 Å². The Morgan fingerprint density at radius 2 is 2.09 bits per heavy atom. The maximum Gasteiger partial charge on any atom is 0.329 e. The van der Waals surface area contributed by atoms with Gasteiger partial charge in [0.1, 0.15) is 6.20 Å². The van der Waals surface area contributed by atoms with Crippen molar-refractivity contribution in [2.45, 2.75) is 13.0 Å². The second kappa shape index (κ2) is 6.34. The van der Waals surface area contributed by atoms with Gasteiger partial charge in [-0.3, -0.25) is 10.1 Å². The van der Waals surface area contributed by atoms with Crippen LogP contribution < -0.4 is 20.5 Å². The van der Waals surface area contributed by atoms with E-state index in [1.54, 1.807) is 0 Å². The van der Waals surface area contributed by atoms with Crippen LogP contribution in [-0.4, -0.2) is 28.1 Å². The standard InChI is InChI=1S/C14H15N5O4/c15-13-10(19(20)21)8-17-14(18-13)16-7-9-2-3-11-12(6-9)23-5-1-4-22-11/h2-3,6,8H,1,4-5,7H2,(H3,15,16,17,18). The molecule has 9 heteroatoms. The van der Waals surface area contributed by atoms with Crippen molar-refractivity contribution in [2.24, 2.45) is 0 Å². The SMILES string of the molecule is Nc1nc(NCc2ccc3c(c2)OCCCO3)ncc1[N+](=O)[O-]. The molecule has 9 nitrogen and oxygen atoms in total. The predicted octanol–water partition coefficient (Wildman–Crippen LogP) is 1.74. The molecular formula is C14H15N5O4. The van der Waals surface area contributed by atoms with Gasteiger partial charge in [-0.2, -0.15) is 4.98 Å². The second-order valence-electron chi connectivity index (χ2n) is 4.91. The Morgan fingerprint density at radius 1 is 1.30 bits per heavy atom. The van der Waals surface area contributed by atoms with Crippen LogP contribution in [0.2, 0.25) is 0 Å². The molecule has 23 heavy (non-hydrogen) atoms. The first-order valence-electron chi connectivity index (χ1n) is 7.03. The van der Waals surface area contributed by atoms with Gasteiger partial charge in [-0.1, -0.05) is 6.07 Å². The van der Waals surface area contributed by atoms with E-state index in [4.69, 9.17) is 15.2 Å². The molecule has 2 heterocycles. The topological polar surface area (TPSA) is 125 Å². The minimum absolute atomic E-state index is 0.175. The van der Waals surface area contributed by atoms with Crippen LogP contribution in [0.15, 0.2) is 24.4 Å². The van der Waals surface area contributed by atoms with Crippen molar-refractivity contribution in [2.75, 3.05) is 24.3 Å². The summed E-state index contributed by atoms with van der Waals surface area (Å²) in [6.07, 6.45) is 1.93. The molecule has 0 radical (unpaired) electrons. The number of nitro groups is 1. The maximum atomic E-state index is 10.7. The lowest BCUT2D eigenvalue weighted by Crippen LogP contribution is -2.07. The van der Waals surface area contributed by atoms with Gasteiger partial charge in [-0.15, -0.1) is 0 Å². The lowest BCUT2D eigenvalue weighted by molar-refractivity contribution is -0.384. The van der Waals surface area contributed by atoms with Gasteiger partial charge in [-0.05, 0) is 17.7 Å². The highest BCUT2D eigenvalue weighted by Gasteiger charge is 2.14. The number of nitrogen functional groups attached to an aromatic ring is 1. The van der Waals surface area contributed by atoms with E-state index in [2.05, 4.69) is 15.3 Å². The second-order valence-corrected chi connectivity index (χ2v) is 4.91. The summed E-state index contributed by atoms with van der Waals surface area (Å²) in [6.45, 7) is 1.68.